The lowest BCUT2D eigenvalue weighted by Gasteiger charge is -2.43. The van der Waals surface area contributed by atoms with E-state index in [4.69, 9.17) is 0 Å². The number of amides is 4. The van der Waals surface area contributed by atoms with E-state index in [-0.39, 0.29) is 41.7 Å². The number of likely N-dealkylation sites (tertiary alicyclic amines) is 1. The van der Waals surface area contributed by atoms with Gasteiger partial charge < -0.3 is 25.6 Å². The number of nitrogens with one attached hydrogen (secondary N) is 3. The number of nitrogens with zero attached hydrogens (tertiary/aromatic N) is 2. The van der Waals surface area contributed by atoms with E-state index in [2.05, 4.69) is 26.8 Å². The Morgan fingerprint density at radius 3 is 2.29 bits per heavy atom. The maximum Gasteiger partial charge on any atom is 0.408 e. The molecule has 5 fully saturated rings. The number of carbonyl (C=O) groups is 4. The van der Waals surface area contributed by atoms with Crippen molar-refractivity contribution in [3.05, 3.63) is 0 Å². The molecule has 0 radical (unpaired) electrons. The van der Waals surface area contributed by atoms with Crippen LogP contribution in [-0.2, 0) is 19.1 Å². The lowest BCUT2D eigenvalue weighted by Crippen LogP contribution is -2.65. The Balaban J connectivity index is 1.28. The summed E-state index contributed by atoms with van der Waals surface area (Å²) in [6.45, 7) is 8.97. The normalized spacial score (nSPS) is 33.8. The zero-order valence-electron chi connectivity index (χ0n) is 24.2. The molecule has 10 nitrogen and oxygen atoms in total. The van der Waals surface area contributed by atoms with E-state index in [0.29, 0.717) is 6.42 Å². The quantitative estimate of drug-likeness (QED) is 0.385. The summed E-state index contributed by atoms with van der Waals surface area (Å²) >= 11 is 0. The van der Waals surface area contributed by atoms with Gasteiger partial charge in [0.15, 0.2) is 6.10 Å². The zero-order valence-corrected chi connectivity index (χ0v) is 24.2. The number of ether oxygens (including phenoxy) is 1. The van der Waals surface area contributed by atoms with Crippen LogP contribution in [0.25, 0.3) is 0 Å². The van der Waals surface area contributed by atoms with Crippen molar-refractivity contribution >= 4 is 23.8 Å². The SMILES string of the molecule is CC(C)(C)[C@H](NC(=O)OC1CC(F)(F)C1(F)F)C(=O)N1C[C@H]2[C@@H]([C@H]1C(=O)N[C@H](C#N)C[C@@H]1CC3(CC3)NC1=O)C2(C)C. The van der Waals surface area contributed by atoms with Crippen molar-refractivity contribution in [1.29, 1.82) is 5.26 Å². The van der Waals surface area contributed by atoms with Crippen LogP contribution in [0.15, 0.2) is 0 Å². The standard InChI is InChI=1S/C28H37F4N5O5/c1-24(2,3)19(35-23(41)42-16-10-27(29,30)28(16,31)32)22(40)37-12-15-17(25(15,4)5)18(37)21(39)34-14(11-33)8-13-9-26(6-7-26)36-20(13)38/h13-19H,6-10,12H2,1-5H3,(H,34,39)(H,35,41)(H,36,38)/t13-,14+,15+,16?,17+,18+,19-/m1/s1. The predicted octanol–water partition coefficient (Wildman–Crippen LogP) is 2.72. The van der Waals surface area contributed by atoms with Crippen LogP contribution in [0.4, 0.5) is 22.4 Å². The van der Waals surface area contributed by atoms with Crippen molar-refractivity contribution < 1.29 is 41.5 Å². The number of fused-ring (bicyclic) bond motifs is 1. The second-order valence-corrected chi connectivity index (χ2v) is 14.4. The summed E-state index contributed by atoms with van der Waals surface area (Å²) in [7, 11) is 0. The van der Waals surface area contributed by atoms with E-state index >= 15 is 0 Å². The van der Waals surface area contributed by atoms with Crippen molar-refractivity contribution in [2.24, 2.45) is 28.6 Å². The molecular weight excluding hydrogens is 562 g/mol. The van der Waals surface area contributed by atoms with Crippen molar-refractivity contribution in [3.63, 3.8) is 0 Å². The van der Waals surface area contributed by atoms with Crippen LogP contribution in [0.2, 0.25) is 0 Å². The van der Waals surface area contributed by atoms with Gasteiger partial charge in [-0.3, -0.25) is 14.4 Å². The number of halogens is 4. The highest BCUT2D eigenvalue weighted by Crippen LogP contribution is 2.65. The lowest BCUT2D eigenvalue weighted by molar-refractivity contribution is -0.329. The third-order valence-electron chi connectivity index (χ3n) is 9.96. The predicted molar refractivity (Wildman–Crippen MR) is 138 cm³/mol. The lowest BCUT2D eigenvalue weighted by atomic mass is 9.85. The summed E-state index contributed by atoms with van der Waals surface area (Å²) in [6.07, 6.45) is -2.59. The first-order valence-electron chi connectivity index (χ1n) is 14.3. The topological polar surface area (TPSA) is 141 Å². The first kappa shape index (κ1) is 30.4. The van der Waals surface area contributed by atoms with E-state index in [0.717, 1.165) is 12.8 Å². The van der Waals surface area contributed by atoms with Gasteiger partial charge in [-0.1, -0.05) is 34.6 Å². The van der Waals surface area contributed by atoms with Crippen LogP contribution in [-0.4, -0.2) is 76.9 Å². The molecule has 3 saturated carbocycles. The van der Waals surface area contributed by atoms with Gasteiger partial charge in [0.2, 0.25) is 17.7 Å². The van der Waals surface area contributed by atoms with Gasteiger partial charge in [-0.05, 0) is 48.3 Å². The Morgan fingerprint density at radius 1 is 1.14 bits per heavy atom. The molecule has 2 saturated heterocycles. The van der Waals surface area contributed by atoms with Gasteiger partial charge in [0, 0.05) is 18.0 Å². The molecule has 3 N–H and O–H groups in total. The Labute approximate surface area is 241 Å². The van der Waals surface area contributed by atoms with E-state index < -0.39 is 71.7 Å². The van der Waals surface area contributed by atoms with E-state index in [1.165, 1.54) is 4.90 Å². The maximum atomic E-state index is 13.9. The molecule has 5 rings (SSSR count). The Bertz CT molecular complexity index is 1240. The number of alkyl halides is 4. The van der Waals surface area contributed by atoms with Crippen molar-refractivity contribution in [3.8, 4) is 6.07 Å². The third-order valence-corrected chi connectivity index (χ3v) is 9.96. The molecule has 0 aromatic heterocycles. The van der Waals surface area contributed by atoms with Gasteiger partial charge >= 0.3 is 17.9 Å². The molecule has 0 aromatic carbocycles. The molecular formula is C28H37F4N5O5. The molecule has 4 amide bonds. The zero-order chi connectivity index (χ0) is 31.2. The summed E-state index contributed by atoms with van der Waals surface area (Å²) in [4.78, 5) is 53.8. The Kier molecular flexibility index (Phi) is 6.82. The number of hydrogen-bond acceptors (Lipinski definition) is 6. The largest absolute Gasteiger partial charge is 0.439 e. The van der Waals surface area contributed by atoms with Crippen LogP contribution >= 0.6 is 0 Å². The van der Waals surface area contributed by atoms with Gasteiger partial charge in [0.05, 0.1) is 12.5 Å². The molecule has 232 valence electrons. The number of carbonyl (C=O) groups excluding carboxylic acids is 4. The molecule has 42 heavy (non-hydrogen) atoms. The Morgan fingerprint density at radius 2 is 1.79 bits per heavy atom. The highest BCUT2D eigenvalue weighted by atomic mass is 19.3. The van der Waals surface area contributed by atoms with Gasteiger partial charge in [-0.15, -0.1) is 0 Å². The highest BCUT2D eigenvalue weighted by molar-refractivity contribution is 5.93. The second kappa shape index (κ2) is 9.44. The molecule has 7 atom stereocenters. The molecule has 2 aliphatic heterocycles. The van der Waals surface area contributed by atoms with Crippen LogP contribution in [0.5, 0.6) is 0 Å². The minimum Gasteiger partial charge on any atom is -0.439 e. The highest BCUT2D eigenvalue weighted by Gasteiger charge is 2.74. The maximum absolute atomic E-state index is 13.9. The summed E-state index contributed by atoms with van der Waals surface area (Å²) in [5.74, 6) is -10.8. The van der Waals surface area contributed by atoms with Crippen LogP contribution < -0.4 is 16.0 Å². The Hall–Kier alpha value is -3.11. The van der Waals surface area contributed by atoms with Gasteiger partial charge in [0.1, 0.15) is 18.1 Å². The summed E-state index contributed by atoms with van der Waals surface area (Å²) in [5, 5.41) is 17.7. The molecule has 2 heterocycles. The number of nitriles is 1. The molecule has 3 aliphatic carbocycles. The minimum absolute atomic E-state index is 0.0310. The molecule has 5 aliphatic rings. The fourth-order valence-electron chi connectivity index (χ4n) is 6.96. The van der Waals surface area contributed by atoms with Crippen LogP contribution in [0, 0.1) is 39.9 Å². The van der Waals surface area contributed by atoms with E-state index in [1.807, 2.05) is 13.8 Å². The summed E-state index contributed by atoms with van der Waals surface area (Å²) < 4.78 is 58.4. The smallest absolute Gasteiger partial charge is 0.408 e. The third kappa shape index (κ3) is 4.96. The fourth-order valence-corrected chi connectivity index (χ4v) is 6.96. The molecule has 1 unspecified atom stereocenters. The molecule has 0 aromatic rings. The second-order valence-electron chi connectivity index (χ2n) is 14.4. The average molecular weight is 600 g/mol. The van der Waals surface area contributed by atoms with E-state index in [1.54, 1.807) is 20.8 Å². The monoisotopic (exact) mass is 599 g/mol. The van der Waals surface area contributed by atoms with Crippen LogP contribution in [0.3, 0.4) is 0 Å². The van der Waals surface area contributed by atoms with Crippen molar-refractivity contribution in [2.45, 2.75) is 108 Å². The summed E-state index contributed by atoms with van der Waals surface area (Å²) in [6, 6.07) is -1.22. The number of hydrogen-bond donors (Lipinski definition) is 3. The molecule has 14 heteroatoms. The first-order valence-corrected chi connectivity index (χ1v) is 14.3. The number of alkyl carbamates (subject to hydrolysis) is 1. The summed E-state index contributed by atoms with van der Waals surface area (Å²) in [5.41, 5.74) is -1.43. The van der Waals surface area contributed by atoms with Gasteiger partial charge in [-0.25, -0.2) is 4.79 Å². The van der Waals surface area contributed by atoms with Gasteiger partial charge in [0.25, 0.3) is 0 Å². The van der Waals surface area contributed by atoms with E-state index in [9.17, 15) is 42.0 Å². The number of piperidine rings is 1. The number of rotatable bonds is 7. The fraction of sp³-hybridized carbons (Fsp3) is 0.821. The van der Waals surface area contributed by atoms with Crippen molar-refractivity contribution in [1.82, 2.24) is 20.9 Å². The average Bonchev–Trinajstić information content (AvgIpc) is 3.59. The molecule has 0 bridgehead atoms. The first-order chi connectivity index (χ1) is 19.2. The molecule has 1 spiro atoms. The minimum atomic E-state index is -4.52. The van der Waals surface area contributed by atoms with Crippen LogP contribution in [0.1, 0.15) is 66.7 Å². The van der Waals surface area contributed by atoms with Crippen molar-refractivity contribution in [2.75, 3.05) is 6.54 Å². The van der Waals surface area contributed by atoms with Gasteiger partial charge in [-0.2, -0.15) is 22.8 Å².